The van der Waals surface area contributed by atoms with Crippen molar-refractivity contribution in [2.24, 2.45) is 10.9 Å². The molecule has 0 radical (unpaired) electrons. The summed E-state index contributed by atoms with van der Waals surface area (Å²) in [6.45, 7) is 4.36. The number of ether oxygens (including phenoxy) is 1. The SMILES string of the molecule is CN=C(NCCCOCC1CC1)NCCn1ccnc1. The van der Waals surface area contributed by atoms with Crippen LogP contribution < -0.4 is 10.6 Å². The highest BCUT2D eigenvalue weighted by Gasteiger charge is 2.20. The zero-order valence-electron chi connectivity index (χ0n) is 12.2. The van der Waals surface area contributed by atoms with Gasteiger partial charge in [0.2, 0.25) is 0 Å². The minimum absolute atomic E-state index is 0.828. The maximum Gasteiger partial charge on any atom is 0.191 e. The van der Waals surface area contributed by atoms with Crippen LogP contribution in [0.3, 0.4) is 0 Å². The third-order valence-electron chi connectivity index (χ3n) is 3.25. The largest absolute Gasteiger partial charge is 0.381 e. The number of imidazole rings is 1. The van der Waals surface area contributed by atoms with E-state index in [1.165, 1.54) is 12.8 Å². The van der Waals surface area contributed by atoms with Crippen LogP contribution in [0.1, 0.15) is 19.3 Å². The first-order valence-electron chi connectivity index (χ1n) is 7.36. The second-order valence-electron chi connectivity index (χ2n) is 5.10. The van der Waals surface area contributed by atoms with Crippen LogP contribution in [0.25, 0.3) is 0 Å². The van der Waals surface area contributed by atoms with Gasteiger partial charge >= 0.3 is 0 Å². The predicted octanol–water partition coefficient (Wildman–Crippen LogP) is 0.865. The summed E-state index contributed by atoms with van der Waals surface area (Å²) in [5.74, 6) is 1.69. The molecule has 2 N–H and O–H groups in total. The number of hydrogen-bond donors (Lipinski definition) is 2. The normalized spacial score (nSPS) is 15.3. The van der Waals surface area contributed by atoms with Gasteiger partial charge in [0, 0.05) is 52.3 Å². The molecule has 0 atom stereocenters. The molecule has 0 bridgehead atoms. The molecule has 0 aromatic carbocycles. The average Bonchev–Trinajstić information content (AvgIpc) is 3.14. The number of guanidine groups is 1. The van der Waals surface area contributed by atoms with Gasteiger partial charge in [0.25, 0.3) is 0 Å². The number of rotatable bonds is 9. The Bertz CT molecular complexity index is 386. The molecule has 112 valence electrons. The molecule has 0 saturated heterocycles. The minimum atomic E-state index is 0.828. The van der Waals surface area contributed by atoms with Gasteiger partial charge in [-0.15, -0.1) is 0 Å². The smallest absolute Gasteiger partial charge is 0.191 e. The van der Waals surface area contributed by atoms with E-state index in [9.17, 15) is 0 Å². The van der Waals surface area contributed by atoms with Crippen LogP contribution in [-0.2, 0) is 11.3 Å². The molecule has 1 saturated carbocycles. The molecule has 0 aliphatic heterocycles. The molecular weight excluding hydrogens is 254 g/mol. The lowest BCUT2D eigenvalue weighted by molar-refractivity contribution is 0.123. The number of hydrogen-bond acceptors (Lipinski definition) is 3. The second kappa shape index (κ2) is 8.58. The minimum Gasteiger partial charge on any atom is -0.381 e. The van der Waals surface area contributed by atoms with Crippen molar-refractivity contribution in [1.82, 2.24) is 20.2 Å². The summed E-state index contributed by atoms with van der Waals surface area (Å²) in [5.41, 5.74) is 0. The summed E-state index contributed by atoms with van der Waals surface area (Å²) in [5, 5.41) is 6.56. The molecule has 1 heterocycles. The molecule has 0 spiro atoms. The van der Waals surface area contributed by atoms with E-state index in [2.05, 4.69) is 20.6 Å². The summed E-state index contributed by atoms with van der Waals surface area (Å²) < 4.78 is 7.63. The number of nitrogens with zero attached hydrogens (tertiary/aromatic N) is 3. The number of nitrogens with one attached hydrogen (secondary N) is 2. The van der Waals surface area contributed by atoms with Crippen molar-refractivity contribution < 1.29 is 4.74 Å². The van der Waals surface area contributed by atoms with Crippen molar-refractivity contribution in [2.75, 3.05) is 33.4 Å². The average molecular weight is 279 g/mol. The van der Waals surface area contributed by atoms with Crippen LogP contribution in [0.4, 0.5) is 0 Å². The van der Waals surface area contributed by atoms with Gasteiger partial charge in [0.15, 0.2) is 5.96 Å². The van der Waals surface area contributed by atoms with Gasteiger partial charge < -0.3 is 19.9 Å². The molecule has 1 aliphatic rings. The number of aliphatic imine (C=N–C) groups is 1. The highest BCUT2D eigenvalue weighted by Crippen LogP contribution is 2.28. The molecule has 2 rings (SSSR count). The first kappa shape index (κ1) is 14.8. The van der Waals surface area contributed by atoms with E-state index in [1.807, 2.05) is 17.1 Å². The summed E-state index contributed by atoms with van der Waals surface area (Å²) in [6.07, 6.45) is 9.27. The van der Waals surface area contributed by atoms with Crippen molar-refractivity contribution in [3.8, 4) is 0 Å². The number of aromatic nitrogens is 2. The zero-order valence-corrected chi connectivity index (χ0v) is 12.2. The van der Waals surface area contributed by atoms with E-state index in [4.69, 9.17) is 4.74 Å². The molecule has 0 unspecified atom stereocenters. The Balaban J connectivity index is 1.46. The Morgan fingerprint density at radius 1 is 1.40 bits per heavy atom. The van der Waals surface area contributed by atoms with Gasteiger partial charge in [0.1, 0.15) is 0 Å². The van der Waals surface area contributed by atoms with Crippen LogP contribution in [0.2, 0.25) is 0 Å². The van der Waals surface area contributed by atoms with E-state index < -0.39 is 0 Å². The van der Waals surface area contributed by atoms with E-state index >= 15 is 0 Å². The molecule has 20 heavy (non-hydrogen) atoms. The standard InChI is InChI=1S/C14H25N5O/c1-15-14(18-7-9-19-8-6-16-12-19)17-5-2-10-20-11-13-3-4-13/h6,8,12-13H,2-5,7,9-11H2,1H3,(H2,15,17,18). The molecule has 1 aromatic rings. The van der Waals surface area contributed by atoms with Crippen LogP contribution in [0, 0.1) is 5.92 Å². The first-order valence-corrected chi connectivity index (χ1v) is 7.36. The van der Waals surface area contributed by atoms with Crippen molar-refractivity contribution in [3.63, 3.8) is 0 Å². The third-order valence-corrected chi connectivity index (χ3v) is 3.25. The van der Waals surface area contributed by atoms with Crippen molar-refractivity contribution >= 4 is 5.96 Å². The van der Waals surface area contributed by atoms with Gasteiger partial charge in [-0.3, -0.25) is 4.99 Å². The van der Waals surface area contributed by atoms with Gasteiger partial charge in [-0.25, -0.2) is 4.98 Å². The lowest BCUT2D eigenvalue weighted by Crippen LogP contribution is -2.39. The van der Waals surface area contributed by atoms with Gasteiger partial charge in [-0.1, -0.05) is 0 Å². The summed E-state index contributed by atoms with van der Waals surface area (Å²) in [6, 6.07) is 0. The topological polar surface area (TPSA) is 63.5 Å². The van der Waals surface area contributed by atoms with Crippen molar-refractivity contribution in [3.05, 3.63) is 18.7 Å². The monoisotopic (exact) mass is 279 g/mol. The van der Waals surface area contributed by atoms with Gasteiger partial charge in [-0.2, -0.15) is 0 Å². The van der Waals surface area contributed by atoms with Gasteiger partial charge in [0.05, 0.1) is 6.33 Å². The van der Waals surface area contributed by atoms with E-state index in [0.717, 1.165) is 51.1 Å². The lowest BCUT2D eigenvalue weighted by Gasteiger charge is -2.12. The predicted molar refractivity (Wildman–Crippen MR) is 79.8 cm³/mol. The molecule has 1 aromatic heterocycles. The Hall–Kier alpha value is -1.56. The molecule has 6 heteroatoms. The lowest BCUT2D eigenvalue weighted by atomic mass is 10.4. The Morgan fingerprint density at radius 2 is 2.25 bits per heavy atom. The summed E-state index contributed by atoms with van der Waals surface area (Å²) in [4.78, 5) is 8.20. The second-order valence-corrected chi connectivity index (χ2v) is 5.10. The molecule has 6 nitrogen and oxygen atoms in total. The van der Waals surface area contributed by atoms with E-state index in [0.29, 0.717) is 0 Å². The molecular formula is C14H25N5O. The van der Waals surface area contributed by atoms with Crippen LogP contribution in [0.15, 0.2) is 23.7 Å². The van der Waals surface area contributed by atoms with Crippen molar-refractivity contribution in [1.29, 1.82) is 0 Å². The Kier molecular flexibility index (Phi) is 6.37. The molecule has 1 fully saturated rings. The Labute approximate surface area is 120 Å². The van der Waals surface area contributed by atoms with Crippen LogP contribution in [-0.4, -0.2) is 48.9 Å². The van der Waals surface area contributed by atoms with Crippen LogP contribution in [0.5, 0.6) is 0 Å². The fourth-order valence-electron chi connectivity index (χ4n) is 1.86. The van der Waals surface area contributed by atoms with Crippen LogP contribution >= 0.6 is 0 Å². The molecule has 1 aliphatic carbocycles. The zero-order chi connectivity index (χ0) is 14.0. The fraction of sp³-hybridized carbons (Fsp3) is 0.714. The Morgan fingerprint density at radius 3 is 2.95 bits per heavy atom. The maximum absolute atomic E-state index is 5.59. The molecule has 0 amide bonds. The quantitative estimate of drug-likeness (QED) is 0.400. The van der Waals surface area contributed by atoms with E-state index in [-0.39, 0.29) is 0 Å². The summed E-state index contributed by atoms with van der Waals surface area (Å²) in [7, 11) is 1.79. The summed E-state index contributed by atoms with van der Waals surface area (Å²) >= 11 is 0. The fourth-order valence-corrected chi connectivity index (χ4v) is 1.86. The maximum atomic E-state index is 5.59. The van der Waals surface area contributed by atoms with Crippen molar-refractivity contribution in [2.45, 2.75) is 25.8 Å². The highest BCUT2D eigenvalue weighted by molar-refractivity contribution is 5.79. The third kappa shape index (κ3) is 6.06. The van der Waals surface area contributed by atoms with E-state index in [1.54, 1.807) is 13.2 Å². The first-order chi connectivity index (χ1) is 9.88. The highest BCUT2D eigenvalue weighted by atomic mass is 16.5. The van der Waals surface area contributed by atoms with Gasteiger partial charge in [-0.05, 0) is 25.2 Å².